The fourth-order valence-electron chi connectivity index (χ4n) is 1.21. The van der Waals surface area contributed by atoms with Crippen LogP contribution in [-0.4, -0.2) is 31.8 Å². The molecule has 2 amide bonds. The van der Waals surface area contributed by atoms with E-state index in [-0.39, 0.29) is 11.4 Å². The third kappa shape index (κ3) is 3.19. The maximum Gasteiger partial charge on any atom is 0.328 e. The van der Waals surface area contributed by atoms with E-state index in [1.807, 2.05) is 0 Å². The zero-order chi connectivity index (χ0) is 13.8. The highest BCUT2D eigenvalue weighted by Crippen LogP contribution is 2.26. The van der Waals surface area contributed by atoms with Gasteiger partial charge in [0.2, 0.25) is 0 Å². The topological polar surface area (TPSA) is 109 Å². The molecule has 0 unspecified atom stereocenters. The van der Waals surface area contributed by atoms with Crippen molar-refractivity contribution >= 4 is 29.1 Å². The van der Waals surface area contributed by atoms with Crippen molar-refractivity contribution in [2.24, 2.45) is 0 Å². The first-order valence-electron chi connectivity index (χ1n) is 5.02. The largest absolute Gasteiger partial charge is 0.506 e. The molecule has 0 saturated carbocycles. The van der Waals surface area contributed by atoms with Crippen LogP contribution in [-0.2, 0) is 9.59 Å². The average molecular weight is 282 g/mol. The lowest BCUT2D eigenvalue weighted by atomic mass is 10.3. The summed E-state index contributed by atoms with van der Waals surface area (Å²) < 4.78 is 1.11. The predicted molar refractivity (Wildman–Crippen MR) is 66.1 cm³/mol. The molecule has 0 aliphatic rings. The van der Waals surface area contributed by atoms with Crippen LogP contribution in [0.25, 0.3) is 0 Å². The Kier molecular flexibility index (Phi) is 3.62. The van der Waals surface area contributed by atoms with Crippen LogP contribution in [0, 0.1) is 0 Å². The van der Waals surface area contributed by atoms with Crippen molar-refractivity contribution in [1.29, 1.82) is 0 Å². The second-order valence-electron chi connectivity index (χ2n) is 3.43. The maximum atomic E-state index is 11.6. The number of benzene rings is 1. The van der Waals surface area contributed by atoms with Crippen LogP contribution in [0.4, 0.5) is 5.69 Å². The lowest BCUT2D eigenvalue weighted by Gasteiger charge is -2.08. The van der Waals surface area contributed by atoms with Crippen LogP contribution in [0.15, 0.2) is 30.9 Å². The molecular weight excluding hydrogens is 274 g/mol. The van der Waals surface area contributed by atoms with Gasteiger partial charge < -0.3 is 10.4 Å². The summed E-state index contributed by atoms with van der Waals surface area (Å²) in [6, 6.07) is 4.07. The number of hydrogen-bond donors (Lipinski definition) is 3. The number of amides is 2. The van der Waals surface area contributed by atoms with Crippen molar-refractivity contribution in [3.8, 4) is 5.75 Å². The number of carbonyl (C=O) groups excluding carboxylic acids is 2. The fraction of sp³-hybridized carbons (Fsp3) is 0. The Balaban J connectivity index is 2.04. The Morgan fingerprint density at radius 1 is 1.21 bits per heavy atom. The first kappa shape index (κ1) is 12.8. The van der Waals surface area contributed by atoms with E-state index in [9.17, 15) is 14.7 Å². The Morgan fingerprint density at radius 3 is 2.58 bits per heavy atom. The van der Waals surface area contributed by atoms with Crippen molar-refractivity contribution in [2.45, 2.75) is 0 Å². The summed E-state index contributed by atoms with van der Waals surface area (Å²) in [4.78, 5) is 23.1. The van der Waals surface area contributed by atoms with E-state index >= 15 is 0 Å². The number of phenols is 1. The van der Waals surface area contributed by atoms with E-state index in [4.69, 9.17) is 11.6 Å². The van der Waals surface area contributed by atoms with Crippen molar-refractivity contribution in [1.82, 2.24) is 14.9 Å². The molecule has 2 aromatic rings. The SMILES string of the molecule is O=C(Nc1cc(Cl)ccc1O)C(=O)Nn1cnnc1. The minimum atomic E-state index is -0.966. The van der Waals surface area contributed by atoms with E-state index in [2.05, 4.69) is 20.9 Å². The predicted octanol–water partition coefficient (Wildman–Crippen LogP) is 0.346. The highest BCUT2D eigenvalue weighted by atomic mass is 35.5. The Labute approximate surface area is 112 Å². The number of rotatable bonds is 2. The highest BCUT2D eigenvalue weighted by molar-refractivity contribution is 6.42. The smallest absolute Gasteiger partial charge is 0.328 e. The zero-order valence-corrected chi connectivity index (χ0v) is 10.1. The molecule has 1 aromatic carbocycles. The van der Waals surface area contributed by atoms with Gasteiger partial charge >= 0.3 is 11.8 Å². The van der Waals surface area contributed by atoms with Gasteiger partial charge in [-0.05, 0) is 18.2 Å². The molecule has 8 nitrogen and oxygen atoms in total. The molecule has 1 aromatic heterocycles. The molecule has 0 saturated heterocycles. The monoisotopic (exact) mass is 281 g/mol. The first-order chi connectivity index (χ1) is 9.06. The number of aromatic hydroxyl groups is 1. The van der Waals surface area contributed by atoms with E-state index in [0.717, 1.165) is 4.68 Å². The van der Waals surface area contributed by atoms with Gasteiger partial charge in [0.25, 0.3) is 0 Å². The molecule has 0 aliphatic carbocycles. The Bertz CT molecular complexity index is 614. The van der Waals surface area contributed by atoms with Crippen molar-refractivity contribution in [3.05, 3.63) is 35.9 Å². The zero-order valence-electron chi connectivity index (χ0n) is 9.37. The normalized spacial score (nSPS) is 9.95. The summed E-state index contributed by atoms with van der Waals surface area (Å²) in [5.74, 6) is -2.11. The lowest BCUT2D eigenvalue weighted by molar-refractivity contribution is -0.133. The van der Waals surface area contributed by atoms with Gasteiger partial charge in [-0.25, -0.2) is 4.68 Å². The second kappa shape index (κ2) is 5.36. The molecule has 98 valence electrons. The number of halogens is 1. The lowest BCUT2D eigenvalue weighted by Crippen LogP contribution is -2.33. The second-order valence-corrected chi connectivity index (χ2v) is 3.86. The van der Waals surface area contributed by atoms with Gasteiger partial charge in [0.15, 0.2) is 0 Å². The fourth-order valence-corrected chi connectivity index (χ4v) is 1.39. The molecule has 0 bridgehead atoms. The van der Waals surface area contributed by atoms with Crippen molar-refractivity contribution in [3.63, 3.8) is 0 Å². The third-order valence-electron chi connectivity index (χ3n) is 2.06. The molecule has 0 aliphatic heterocycles. The molecule has 1 heterocycles. The minimum Gasteiger partial charge on any atom is -0.506 e. The first-order valence-corrected chi connectivity index (χ1v) is 5.39. The third-order valence-corrected chi connectivity index (χ3v) is 2.30. The molecule has 2 rings (SSSR count). The number of nitrogens with one attached hydrogen (secondary N) is 2. The van der Waals surface area contributed by atoms with Crippen LogP contribution in [0.1, 0.15) is 0 Å². The van der Waals surface area contributed by atoms with E-state index in [0.29, 0.717) is 5.02 Å². The summed E-state index contributed by atoms with van der Waals surface area (Å²) in [6.07, 6.45) is 2.42. The summed E-state index contributed by atoms with van der Waals surface area (Å²) in [5, 5.41) is 18.9. The van der Waals surface area contributed by atoms with Gasteiger partial charge in [-0.3, -0.25) is 15.0 Å². The molecule has 0 fully saturated rings. The van der Waals surface area contributed by atoms with Gasteiger partial charge in [-0.1, -0.05) is 11.6 Å². The molecule has 0 spiro atoms. The van der Waals surface area contributed by atoms with Gasteiger partial charge in [-0.2, -0.15) is 0 Å². The summed E-state index contributed by atoms with van der Waals surface area (Å²) in [6.45, 7) is 0. The number of aromatic nitrogens is 3. The Hall–Kier alpha value is -2.61. The summed E-state index contributed by atoms with van der Waals surface area (Å²) >= 11 is 5.71. The van der Waals surface area contributed by atoms with Crippen LogP contribution >= 0.6 is 11.6 Å². The van der Waals surface area contributed by atoms with Gasteiger partial charge in [0.1, 0.15) is 18.4 Å². The van der Waals surface area contributed by atoms with Gasteiger partial charge in [-0.15, -0.1) is 10.2 Å². The molecule has 0 radical (unpaired) electrons. The van der Waals surface area contributed by atoms with Crippen molar-refractivity contribution in [2.75, 3.05) is 10.7 Å². The van der Waals surface area contributed by atoms with E-state index in [1.165, 1.54) is 30.9 Å². The molecular formula is C10H8ClN5O3. The van der Waals surface area contributed by atoms with Crippen LogP contribution < -0.4 is 10.7 Å². The van der Waals surface area contributed by atoms with Crippen LogP contribution in [0.2, 0.25) is 5.02 Å². The van der Waals surface area contributed by atoms with E-state index < -0.39 is 11.8 Å². The minimum absolute atomic E-state index is 0.0383. The maximum absolute atomic E-state index is 11.6. The molecule has 9 heteroatoms. The number of hydrogen-bond acceptors (Lipinski definition) is 5. The molecule has 3 N–H and O–H groups in total. The number of carbonyl (C=O) groups is 2. The van der Waals surface area contributed by atoms with E-state index in [1.54, 1.807) is 0 Å². The van der Waals surface area contributed by atoms with Crippen LogP contribution in [0.3, 0.4) is 0 Å². The summed E-state index contributed by atoms with van der Waals surface area (Å²) in [7, 11) is 0. The number of nitrogens with zero attached hydrogens (tertiary/aromatic N) is 3. The number of phenolic OH excluding ortho intramolecular Hbond substituents is 1. The molecule has 0 atom stereocenters. The van der Waals surface area contributed by atoms with Gasteiger partial charge in [0, 0.05) is 5.02 Å². The Morgan fingerprint density at radius 2 is 1.89 bits per heavy atom. The molecule has 19 heavy (non-hydrogen) atoms. The number of anilines is 1. The quantitative estimate of drug-likeness (QED) is 0.543. The standard InChI is InChI=1S/C10H8ClN5O3/c11-6-1-2-8(17)7(3-6)14-9(18)10(19)15-16-4-12-13-5-16/h1-5,17H,(H,14,18)(H,15,19). The van der Waals surface area contributed by atoms with Crippen molar-refractivity contribution < 1.29 is 14.7 Å². The van der Waals surface area contributed by atoms with Crippen LogP contribution in [0.5, 0.6) is 5.75 Å². The summed E-state index contributed by atoms with van der Waals surface area (Å²) in [5.41, 5.74) is 2.24. The highest BCUT2D eigenvalue weighted by Gasteiger charge is 2.16. The average Bonchev–Trinajstić information content (AvgIpc) is 2.86. The van der Waals surface area contributed by atoms with Gasteiger partial charge in [0.05, 0.1) is 5.69 Å².